The average molecular weight is 288 g/mol. The largest absolute Gasteiger partial charge is 0.481 e. The number of carbonyl (C=O) groups excluding carboxylic acids is 1. The molecule has 0 heterocycles. The van der Waals surface area contributed by atoms with Crippen LogP contribution in [0.3, 0.4) is 0 Å². The fourth-order valence-corrected chi connectivity index (χ4v) is 2.74. The van der Waals surface area contributed by atoms with E-state index in [-0.39, 0.29) is 5.91 Å². The first-order chi connectivity index (χ1) is 10.2. The molecule has 0 radical (unpaired) electrons. The Labute approximate surface area is 126 Å². The van der Waals surface area contributed by atoms with Crippen LogP contribution in [-0.2, 0) is 11.2 Å². The summed E-state index contributed by atoms with van der Waals surface area (Å²) in [6, 6.07) is 6.55. The third-order valence-electron chi connectivity index (χ3n) is 3.88. The van der Waals surface area contributed by atoms with E-state index in [0.29, 0.717) is 12.6 Å². The summed E-state index contributed by atoms with van der Waals surface area (Å²) in [7, 11) is 2.00. The molecule has 4 nitrogen and oxygen atoms in total. The third-order valence-corrected chi connectivity index (χ3v) is 3.88. The van der Waals surface area contributed by atoms with Crippen LogP contribution in [0.15, 0.2) is 30.9 Å². The van der Waals surface area contributed by atoms with E-state index in [4.69, 9.17) is 4.74 Å². The van der Waals surface area contributed by atoms with Crippen molar-refractivity contribution in [2.45, 2.75) is 38.3 Å². The van der Waals surface area contributed by atoms with Crippen molar-refractivity contribution in [2.24, 2.45) is 0 Å². The lowest BCUT2D eigenvalue weighted by Gasteiger charge is -2.26. The number of hydrogen-bond acceptors (Lipinski definition) is 3. The molecule has 1 aliphatic carbocycles. The topological polar surface area (TPSA) is 50.4 Å². The fraction of sp³-hybridized carbons (Fsp3) is 0.471. The van der Waals surface area contributed by atoms with Crippen molar-refractivity contribution in [3.8, 4) is 5.75 Å². The first kappa shape index (κ1) is 15.6. The van der Waals surface area contributed by atoms with Gasteiger partial charge in [0.2, 0.25) is 0 Å². The maximum Gasteiger partial charge on any atom is 0.261 e. The minimum Gasteiger partial charge on any atom is -0.481 e. The van der Waals surface area contributed by atoms with E-state index in [9.17, 15) is 4.79 Å². The quantitative estimate of drug-likeness (QED) is 0.790. The van der Waals surface area contributed by atoms with Crippen LogP contribution >= 0.6 is 0 Å². The normalized spacial score (nSPS) is 18.5. The van der Waals surface area contributed by atoms with E-state index < -0.39 is 6.10 Å². The molecule has 1 amide bonds. The summed E-state index contributed by atoms with van der Waals surface area (Å²) >= 11 is 0. The minimum atomic E-state index is -0.508. The van der Waals surface area contributed by atoms with Crippen molar-refractivity contribution < 1.29 is 9.53 Å². The molecule has 2 unspecified atom stereocenters. The summed E-state index contributed by atoms with van der Waals surface area (Å²) in [5.41, 5.74) is 2.66. The molecule has 0 spiro atoms. The monoisotopic (exact) mass is 288 g/mol. The molecule has 0 aromatic heterocycles. The van der Waals surface area contributed by atoms with E-state index in [1.165, 1.54) is 24.0 Å². The molecule has 114 valence electrons. The molecule has 0 fully saturated rings. The van der Waals surface area contributed by atoms with Crippen LogP contribution in [0.5, 0.6) is 5.75 Å². The van der Waals surface area contributed by atoms with Gasteiger partial charge in [0.1, 0.15) is 5.75 Å². The molecule has 4 heteroatoms. The van der Waals surface area contributed by atoms with Gasteiger partial charge < -0.3 is 15.4 Å². The summed E-state index contributed by atoms with van der Waals surface area (Å²) in [6.45, 7) is 5.79. The third kappa shape index (κ3) is 3.85. The van der Waals surface area contributed by atoms with Crippen LogP contribution < -0.4 is 15.4 Å². The number of amides is 1. The maximum absolute atomic E-state index is 11.8. The zero-order chi connectivity index (χ0) is 15.2. The highest BCUT2D eigenvalue weighted by molar-refractivity contribution is 5.80. The molecular formula is C17H24N2O2. The second-order valence-corrected chi connectivity index (χ2v) is 5.39. The van der Waals surface area contributed by atoms with Crippen LogP contribution in [0.4, 0.5) is 0 Å². The molecular weight excluding hydrogens is 264 g/mol. The molecule has 1 aromatic carbocycles. The number of rotatable bonds is 6. The number of benzene rings is 1. The van der Waals surface area contributed by atoms with E-state index in [0.717, 1.165) is 12.2 Å². The Kier molecular flexibility index (Phi) is 5.39. The number of carbonyl (C=O) groups is 1. The zero-order valence-corrected chi connectivity index (χ0v) is 12.8. The second-order valence-electron chi connectivity index (χ2n) is 5.39. The Morgan fingerprint density at radius 3 is 3.10 bits per heavy atom. The van der Waals surface area contributed by atoms with Gasteiger partial charge in [-0.05, 0) is 56.5 Å². The summed E-state index contributed by atoms with van der Waals surface area (Å²) in [4.78, 5) is 11.8. The standard InChI is InChI=1S/C17H24N2O2/c1-4-10-19-17(20)12(2)21-14-8-9-15-13(11-14)6-5-7-16(15)18-3/h4,8-9,11-12,16,18H,1,5-7,10H2,2-3H3,(H,19,20). The number of hydrogen-bond donors (Lipinski definition) is 2. The van der Waals surface area contributed by atoms with Gasteiger partial charge in [-0.25, -0.2) is 0 Å². The Morgan fingerprint density at radius 1 is 1.57 bits per heavy atom. The summed E-state index contributed by atoms with van der Waals surface area (Å²) in [6.07, 6.45) is 4.57. The molecule has 21 heavy (non-hydrogen) atoms. The predicted octanol–water partition coefficient (Wildman–Crippen LogP) is 2.35. The Morgan fingerprint density at radius 2 is 2.38 bits per heavy atom. The van der Waals surface area contributed by atoms with Crippen molar-refractivity contribution in [1.29, 1.82) is 0 Å². The molecule has 2 rings (SSSR count). The molecule has 0 aliphatic heterocycles. The van der Waals surface area contributed by atoms with E-state index in [1.54, 1.807) is 13.0 Å². The second kappa shape index (κ2) is 7.27. The number of ether oxygens (including phenoxy) is 1. The van der Waals surface area contributed by atoms with Gasteiger partial charge >= 0.3 is 0 Å². The smallest absolute Gasteiger partial charge is 0.261 e. The van der Waals surface area contributed by atoms with Crippen molar-refractivity contribution in [2.75, 3.05) is 13.6 Å². The number of nitrogens with one attached hydrogen (secondary N) is 2. The molecule has 1 aromatic rings. The van der Waals surface area contributed by atoms with Gasteiger partial charge in [-0.1, -0.05) is 12.1 Å². The molecule has 2 atom stereocenters. The van der Waals surface area contributed by atoms with Crippen molar-refractivity contribution >= 4 is 5.91 Å². The molecule has 2 N–H and O–H groups in total. The van der Waals surface area contributed by atoms with Gasteiger partial charge in [0.05, 0.1) is 0 Å². The summed E-state index contributed by atoms with van der Waals surface area (Å²) in [5.74, 6) is 0.632. The van der Waals surface area contributed by atoms with Crippen LogP contribution in [0, 0.1) is 0 Å². The van der Waals surface area contributed by atoms with Crippen molar-refractivity contribution in [3.05, 3.63) is 42.0 Å². The van der Waals surface area contributed by atoms with E-state index in [2.05, 4.69) is 29.3 Å². The lowest BCUT2D eigenvalue weighted by atomic mass is 9.87. The predicted molar refractivity (Wildman–Crippen MR) is 84.5 cm³/mol. The summed E-state index contributed by atoms with van der Waals surface area (Å²) < 4.78 is 5.74. The van der Waals surface area contributed by atoms with Crippen LogP contribution in [0.25, 0.3) is 0 Å². The van der Waals surface area contributed by atoms with Gasteiger partial charge in [0.25, 0.3) is 5.91 Å². The molecule has 0 saturated heterocycles. The number of fused-ring (bicyclic) bond motifs is 1. The first-order valence-corrected chi connectivity index (χ1v) is 7.51. The van der Waals surface area contributed by atoms with Crippen LogP contribution in [0.2, 0.25) is 0 Å². The Hall–Kier alpha value is -1.81. The average Bonchev–Trinajstić information content (AvgIpc) is 2.51. The highest BCUT2D eigenvalue weighted by Crippen LogP contribution is 2.32. The van der Waals surface area contributed by atoms with Crippen molar-refractivity contribution in [3.63, 3.8) is 0 Å². The highest BCUT2D eigenvalue weighted by Gasteiger charge is 2.20. The van der Waals surface area contributed by atoms with Crippen LogP contribution in [-0.4, -0.2) is 25.6 Å². The lowest BCUT2D eigenvalue weighted by Crippen LogP contribution is -2.36. The minimum absolute atomic E-state index is 0.124. The molecule has 1 aliphatic rings. The SMILES string of the molecule is C=CCNC(=O)C(C)Oc1ccc2c(c1)CCCC2NC. The fourth-order valence-electron chi connectivity index (χ4n) is 2.74. The van der Waals surface area contributed by atoms with Crippen LogP contribution in [0.1, 0.15) is 36.9 Å². The number of aryl methyl sites for hydroxylation is 1. The maximum atomic E-state index is 11.8. The summed E-state index contributed by atoms with van der Waals surface area (Å²) in [5, 5.41) is 6.09. The zero-order valence-electron chi connectivity index (χ0n) is 12.8. The van der Waals surface area contributed by atoms with Gasteiger partial charge in [0.15, 0.2) is 6.10 Å². The lowest BCUT2D eigenvalue weighted by molar-refractivity contribution is -0.127. The Bertz CT molecular complexity index is 514. The highest BCUT2D eigenvalue weighted by atomic mass is 16.5. The molecule has 0 saturated carbocycles. The van der Waals surface area contributed by atoms with Gasteiger partial charge in [-0.15, -0.1) is 6.58 Å². The first-order valence-electron chi connectivity index (χ1n) is 7.51. The van der Waals surface area contributed by atoms with Gasteiger partial charge in [0, 0.05) is 12.6 Å². The van der Waals surface area contributed by atoms with Crippen molar-refractivity contribution in [1.82, 2.24) is 10.6 Å². The van der Waals surface area contributed by atoms with E-state index >= 15 is 0 Å². The van der Waals surface area contributed by atoms with E-state index in [1.807, 2.05) is 13.1 Å². The molecule has 0 bridgehead atoms. The van der Waals surface area contributed by atoms with Gasteiger partial charge in [-0.2, -0.15) is 0 Å². The van der Waals surface area contributed by atoms with Gasteiger partial charge in [-0.3, -0.25) is 4.79 Å². The Balaban J connectivity index is 2.05.